The van der Waals surface area contributed by atoms with Gasteiger partial charge in [-0.2, -0.15) is 4.80 Å². The molecule has 0 amide bonds. The van der Waals surface area contributed by atoms with Crippen molar-refractivity contribution in [3.8, 4) is 17.1 Å². The van der Waals surface area contributed by atoms with Gasteiger partial charge in [0.25, 0.3) is 0 Å². The van der Waals surface area contributed by atoms with Crippen molar-refractivity contribution < 1.29 is 18.7 Å². The molecular weight excluding hydrogens is 449 g/mol. The number of carbonyl (C=O) groups excluding carboxylic acids is 1. The van der Waals surface area contributed by atoms with Crippen molar-refractivity contribution in [1.82, 2.24) is 20.2 Å². The number of methoxy groups -OCH3 is 1. The molecule has 8 nitrogen and oxygen atoms in total. The summed E-state index contributed by atoms with van der Waals surface area (Å²) in [6.45, 7) is 10.8. The van der Waals surface area contributed by atoms with Gasteiger partial charge in [-0.05, 0) is 46.9 Å². The Morgan fingerprint density at radius 1 is 1.17 bits per heavy atom. The lowest BCUT2D eigenvalue weighted by molar-refractivity contribution is 0.0961. The third-order valence-corrected chi connectivity index (χ3v) is 6.18. The van der Waals surface area contributed by atoms with Crippen molar-refractivity contribution in [2.45, 2.75) is 46.1 Å². The fourth-order valence-electron chi connectivity index (χ4n) is 4.18. The van der Waals surface area contributed by atoms with Gasteiger partial charge in [0.2, 0.25) is 5.82 Å². The Bertz CT molecular complexity index is 1210. The van der Waals surface area contributed by atoms with E-state index >= 15 is 0 Å². The van der Waals surface area contributed by atoms with Crippen LogP contribution in [0, 0.1) is 5.82 Å². The Morgan fingerprint density at radius 2 is 1.91 bits per heavy atom. The standard InChI is InChI=1S/C26H32FN5O3/c1-6-17-7-8-19(21(27)13-17)25-28-30-32(29-25)16-23(33)18-14-20(26(2,3)4)24(34-5)22(15-18)31-9-11-35-12-10-31/h7-8,13-15H,6,9-12,16H2,1-5H3. The van der Waals surface area contributed by atoms with E-state index in [1.54, 1.807) is 13.2 Å². The topological polar surface area (TPSA) is 82.4 Å². The van der Waals surface area contributed by atoms with Crippen LogP contribution < -0.4 is 9.64 Å². The number of benzene rings is 2. The Balaban J connectivity index is 1.64. The number of hydrogen-bond acceptors (Lipinski definition) is 7. The molecule has 3 aromatic rings. The molecule has 4 rings (SSSR count). The fourth-order valence-corrected chi connectivity index (χ4v) is 4.18. The molecule has 1 fully saturated rings. The zero-order valence-electron chi connectivity index (χ0n) is 21.0. The number of aromatic nitrogens is 4. The average Bonchev–Trinajstić information content (AvgIpc) is 3.30. The Morgan fingerprint density at radius 3 is 2.54 bits per heavy atom. The molecule has 0 aliphatic carbocycles. The molecule has 0 atom stereocenters. The maximum absolute atomic E-state index is 14.5. The predicted molar refractivity (Wildman–Crippen MR) is 132 cm³/mol. The van der Waals surface area contributed by atoms with Crippen LogP contribution in [-0.2, 0) is 23.1 Å². The van der Waals surface area contributed by atoms with E-state index in [2.05, 4.69) is 41.1 Å². The first kappa shape index (κ1) is 24.8. The van der Waals surface area contributed by atoms with Crippen molar-refractivity contribution in [3.63, 3.8) is 0 Å². The molecule has 0 saturated carbocycles. The number of rotatable bonds is 7. The molecule has 1 aromatic heterocycles. The van der Waals surface area contributed by atoms with Crippen LogP contribution in [0.4, 0.5) is 10.1 Å². The van der Waals surface area contributed by atoms with Gasteiger partial charge in [-0.15, -0.1) is 10.2 Å². The minimum atomic E-state index is -0.407. The van der Waals surface area contributed by atoms with E-state index in [-0.39, 0.29) is 29.1 Å². The molecule has 9 heteroatoms. The molecule has 0 N–H and O–H groups in total. The number of carbonyl (C=O) groups is 1. The van der Waals surface area contributed by atoms with Crippen molar-refractivity contribution >= 4 is 11.5 Å². The third kappa shape index (κ3) is 5.35. The molecule has 0 radical (unpaired) electrons. The highest BCUT2D eigenvalue weighted by molar-refractivity contribution is 5.97. The van der Waals surface area contributed by atoms with E-state index < -0.39 is 5.82 Å². The van der Waals surface area contributed by atoms with Gasteiger partial charge in [0, 0.05) is 24.2 Å². The number of ketones is 1. The number of hydrogen-bond donors (Lipinski definition) is 0. The quantitative estimate of drug-likeness (QED) is 0.471. The maximum atomic E-state index is 14.5. The lowest BCUT2D eigenvalue weighted by Gasteiger charge is -2.33. The number of ether oxygens (including phenoxy) is 2. The van der Waals surface area contributed by atoms with Gasteiger partial charge in [-0.1, -0.05) is 33.8 Å². The summed E-state index contributed by atoms with van der Waals surface area (Å²) in [5.74, 6) is 0.342. The van der Waals surface area contributed by atoms with Crippen LogP contribution in [0.3, 0.4) is 0 Å². The summed E-state index contributed by atoms with van der Waals surface area (Å²) in [6.07, 6.45) is 0.733. The number of morpholine rings is 1. The normalized spacial score (nSPS) is 14.3. The van der Waals surface area contributed by atoms with Crippen molar-refractivity contribution in [3.05, 3.63) is 52.8 Å². The largest absolute Gasteiger partial charge is 0.494 e. The number of tetrazole rings is 1. The van der Waals surface area contributed by atoms with E-state index in [4.69, 9.17) is 9.47 Å². The molecular formula is C26H32FN5O3. The monoisotopic (exact) mass is 481 g/mol. The van der Waals surface area contributed by atoms with Gasteiger partial charge in [0.05, 0.1) is 31.6 Å². The molecule has 2 aromatic carbocycles. The van der Waals surface area contributed by atoms with Crippen LogP contribution in [0.25, 0.3) is 11.4 Å². The highest BCUT2D eigenvalue weighted by atomic mass is 19.1. The van der Waals surface area contributed by atoms with Crippen LogP contribution in [0.1, 0.15) is 49.2 Å². The number of halogens is 1. The second kappa shape index (κ2) is 10.1. The molecule has 0 unspecified atom stereocenters. The molecule has 35 heavy (non-hydrogen) atoms. The number of Topliss-reactive ketones (excluding diaryl/α,β-unsaturated/α-hetero) is 1. The molecule has 0 spiro atoms. The van der Waals surface area contributed by atoms with Gasteiger partial charge in [0.15, 0.2) is 5.78 Å². The molecule has 1 saturated heterocycles. The SMILES string of the molecule is CCc1ccc(-c2nnn(CC(=O)c3cc(N4CCOCC4)c(OC)c(C(C)(C)C)c3)n2)c(F)c1. The van der Waals surface area contributed by atoms with Crippen molar-refractivity contribution in [1.29, 1.82) is 0 Å². The van der Waals surface area contributed by atoms with E-state index in [9.17, 15) is 9.18 Å². The lowest BCUT2D eigenvalue weighted by Crippen LogP contribution is -2.37. The highest BCUT2D eigenvalue weighted by Crippen LogP contribution is 2.40. The Kier molecular flexibility index (Phi) is 7.16. The van der Waals surface area contributed by atoms with Gasteiger partial charge >= 0.3 is 0 Å². The number of nitrogens with zero attached hydrogens (tertiary/aromatic N) is 5. The second-order valence-corrected chi connectivity index (χ2v) is 9.66. The van der Waals surface area contributed by atoms with Gasteiger partial charge < -0.3 is 14.4 Å². The Hall–Kier alpha value is -3.33. The third-order valence-electron chi connectivity index (χ3n) is 6.18. The molecule has 1 aliphatic rings. The van der Waals surface area contributed by atoms with Crippen LogP contribution in [0.5, 0.6) is 5.75 Å². The minimum absolute atomic E-state index is 0.111. The molecule has 1 aliphatic heterocycles. The first-order chi connectivity index (χ1) is 16.7. The van der Waals surface area contributed by atoms with Gasteiger partial charge in [0.1, 0.15) is 18.1 Å². The zero-order valence-corrected chi connectivity index (χ0v) is 21.0. The summed E-state index contributed by atoms with van der Waals surface area (Å²) < 4.78 is 25.8. The maximum Gasteiger partial charge on any atom is 0.207 e. The summed E-state index contributed by atoms with van der Waals surface area (Å²) in [5, 5.41) is 12.2. The van der Waals surface area contributed by atoms with Crippen LogP contribution >= 0.6 is 0 Å². The Labute approximate surface area is 205 Å². The van der Waals surface area contributed by atoms with Gasteiger partial charge in [-0.25, -0.2) is 4.39 Å². The summed E-state index contributed by atoms with van der Waals surface area (Å²) in [5.41, 5.74) is 3.25. The summed E-state index contributed by atoms with van der Waals surface area (Å²) >= 11 is 0. The van der Waals surface area contributed by atoms with Crippen molar-refractivity contribution in [2.75, 3.05) is 38.3 Å². The molecule has 0 bridgehead atoms. The van der Waals surface area contributed by atoms with E-state index in [0.717, 1.165) is 29.0 Å². The predicted octanol–water partition coefficient (Wildman–Crippen LogP) is 4.07. The average molecular weight is 482 g/mol. The molecule has 2 heterocycles. The fraction of sp³-hybridized carbons (Fsp3) is 0.462. The second-order valence-electron chi connectivity index (χ2n) is 9.66. The van der Waals surface area contributed by atoms with E-state index in [1.165, 1.54) is 10.9 Å². The van der Waals surface area contributed by atoms with Gasteiger partial charge in [-0.3, -0.25) is 4.79 Å². The highest BCUT2D eigenvalue weighted by Gasteiger charge is 2.27. The molecule has 186 valence electrons. The lowest BCUT2D eigenvalue weighted by atomic mass is 9.84. The number of aryl methyl sites for hydroxylation is 1. The van der Waals surface area contributed by atoms with E-state index in [1.807, 2.05) is 25.1 Å². The van der Waals surface area contributed by atoms with E-state index in [0.29, 0.717) is 31.9 Å². The van der Waals surface area contributed by atoms with Crippen LogP contribution in [0.15, 0.2) is 30.3 Å². The first-order valence-corrected chi connectivity index (χ1v) is 11.9. The van der Waals surface area contributed by atoms with Crippen LogP contribution in [-0.4, -0.2) is 59.4 Å². The summed E-state index contributed by atoms with van der Waals surface area (Å²) in [7, 11) is 1.66. The van der Waals surface area contributed by atoms with Crippen LogP contribution in [0.2, 0.25) is 0 Å². The summed E-state index contributed by atoms with van der Waals surface area (Å²) in [6, 6.07) is 8.70. The summed E-state index contributed by atoms with van der Waals surface area (Å²) in [4.78, 5) is 16.7. The minimum Gasteiger partial charge on any atom is -0.494 e. The van der Waals surface area contributed by atoms with Crippen molar-refractivity contribution in [2.24, 2.45) is 0 Å². The first-order valence-electron chi connectivity index (χ1n) is 11.9. The smallest absolute Gasteiger partial charge is 0.207 e. The zero-order chi connectivity index (χ0) is 25.2. The number of anilines is 1.